The maximum atomic E-state index is 12.8. The SMILES string of the molecule is COc1ccc(C(=O)N2CCN(C(=O)C3CC3c3ccc(Br)cc3)CC2)cn1. The molecular weight excluding hydrogens is 422 g/mol. The summed E-state index contributed by atoms with van der Waals surface area (Å²) in [5.41, 5.74) is 1.76. The Balaban J connectivity index is 1.31. The molecule has 146 valence electrons. The first kappa shape index (κ1) is 18.9. The van der Waals surface area contributed by atoms with Gasteiger partial charge in [0.2, 0.25) is 11.8 Å². The summed E-state index contributed by atoms with van der Waals surface area (Å²) in [4.78, 5) is 33.2. The van der Waals surface area contributed by atoms with Gasteiger partial charge in [0.25, 0.3) is 5.91 Å². The van der Waals surface area contributed by atoms with Gasteiger partial charge in [0.1, 0.15) is 0 Å². The number of methoxy groups -OCH3 is 1. The Labute approximate surface area is 172 Å². The summed E-state index contributed by atoms with van der Waals surface area (Å²) in [6, 6.07) is 11.6. The van der Waals surface area contributed by atoms with Crippen molar-refractivity contribution in [1.82, 2.24) is 14.8 Å². The van der Waals surface area contributed by atoms with Crippen molar-refractivity contribution in [3.05, 3.63) is 58.2 Å². The van der Waals surface area contributed by atoms with Crippen LogP contribution < -0.4 is 4.74 Å². The number of aromatic nitrogens is 1. The van der Waals surface area contributed by atoms with Crippen molar-refractivity contribution >= 4 is 27.7 Å². The van der Waals surface area contributed by atoms with Crippen LogP contribution in [0.1, 0.15) is 28.3 Å². The molecule has 1 aromatic heterocycles. The Morgan fingerprint density at radius 1 is 1.04 bits per heavy atom. The predicted octanol–water partition coefficient (Wildman–Crippen LogP) is 2.94. The number of hydrogen-bond acceptors (Lipinski definition) is 4. The van der Waals surface area contributed by atoms with E-state index in [1.165, 1.54) is 11.8 Å². The zero-order valence-electron chi connectivity index (χ0n) is 15.7. The van der Waals surface area contributed by atoms with E-state index in [9.17, 15) is 9.59 Å². The summed E-state index contributed by atoms with van der Waals surface area (Å²) in [7, 11) is 1.54. The van der Waals surface area contributed by atoms with Crippen LogP contribution >= 0.6 is 15.9 Å². The molecule has 2 aliphatic rings. The van der Waals surface area contributed by atoms with Crippen LogP contribution in [0.25, 0.3) is 0 Å². The Morgan fingerprint density at radius 3 is 2.32 bits per heavy atom. The number of pyridine rings is 1. The van der Waals surface area contributed by atoms with Gasteiger partial charge < -0.3 is 14.5 Å². The molecule has 2 fully saturated rings. The van der Waals surface area contributed by atoms with Crippen LogP contribution in [0.2, 0.25) is 0 Å². The lowest BCUT2D eigenvalue weighted by Crippen LogP contribution is -2.51. The fraction of sp³-hybridized carbons (Fsp3) is 0.381. The summed E-state index contributed by atoms with van der Waals surface area (Å²) in [5.74, 6) is 1.05. The van der Waals surface area contributed by atoms with E-state index in [0.29, 0.717) is 43.5 Å². The van der Waals surface area contributed by atoms with Crippen LogP contribution in [0.4, 0.5) is 0 Å². The molecule has 6 nitrogen and oxygen atoms in total. The highest BCUT2D eigenvalue weighted by Crippen LogP contribution is 2.48. The molecule has 28 heavy (non-hydrogen) atoms. The van der Waals surface area contributed by atoms with Gasteiger partial charge in [0.05, 0.1) is 12.7 Å². The number of nitrogens with zero attached hydrogens (tertiary/aromatic N) is 3. The van der Waals surface area contributed by atoms with E-state index in [4.69, 9.17) is 4.74 Å². The Bertz CT molecular complexity index is 861. The standard InChI is InChI=1S/C21H22BrN3O3/c1-28-19-7-4-15(13-23-19)20(26)24-8-10-25(11-9-24)21(27)18-12-17(18)14-2-5-16(22)6-3-14/h2-7,13,17-18H,8-12H2,1H3. The van der Waals surface area contributed by atoms with Crippen molar-refractivity contribution in [2.24, 2.45) is 5.92 Å². The van der Waals surface area contributed by atoms with Crippen molar-refractivity contribution < 1.29 is 14.3 Å². The van der Waals surface area contributed by atoms with E-state index in [0.717, 1.165) is 10.9 Å². The molecule has 2 unspecified atom stereocenters. The van der Waals surface area contributed by atoms with Crippen molar-refractivity contribution in [2.45, 2.75) is 12.3 Å². The van der Waals surface area contributed by atoms with Gasteiger partial charge in [0.15, 0.2) is 0 Å². The summed E-state index contributed by atoms with van der Waals surface area (Å²) in [5, 5.41) is 0. The lowest BCUT2D eigenvalue weighted by molar-refractivity contribution is -0.134. The summed E-state index contributed by atoms with van der Waals surface area (Å²) in [6.07, 6.45) is 2.45. The summed E-state index contributed by atoms with van der Waals surface area (Å²) < 4.78 is 6.08. The second-order valence-electron chi connectivity index (χ2n) is 7.21. The van der Waals surface area contributed by atoms with Crippen LogP contribution in [0.15, 0.2) is 47.1 Å². The van der Waals surface area contributed by atoms with Crippen LogP contribution in [0.3, 0.4) is 0 Å². The number of carbonyl (C=O) groups is 2. The van der Waals surface area contributed by atoms with E-state index < -0.39 is 0 Å². The minimum absolute atomic E-state index is 0.0542. The Morgan fingerprint density at radius 2 is 1.71 bits per heavy atom. The van der Waals surface area contributed by atoms with Crippen molar-refractivity contribution in [2.75, 3.05) is 33.3 Å². The van der Waals surface area contributed by atoms with Gasteiger partial charge in [-0.1, -0.05) is 28.1 Å². The highest BCUT2D eigenvalue weighted by molar-refractivity contribution is 9.10. The molecule has 2 aromatic rings. The molecule has 0 bridgehead atoms. The van der Waals surface area contributed by atoms with Gasteiger partial charge in [-0.2, -0.15) is 0 Å². The van der Waals surface area contributed by atoms with Gasteiger partial charge >= 0.3 is 0 Å². The number of benzene rings is 1. The second kappa shape index (κ2) is 7.91. The second-order valence-corrected chi connectivity index (χ2v) is 8.12. The Kier molecular flexibility index (Phi) is 5.35. The van der Waals surface area contributed by atoms with Crippen LogP contribution in [0, 0.1) is 5.92 Å². The van der Waals surface area contributed by atoms with Gasteiger partial charge in [0, 0.05) is 48.8 Å². The molecule has 2 heterocycles. The smallest absolute Gasteiger partial charge is 0.255 e. The predicted molar refractivity (Wildman–Crippen MR) is 108 cm³/mol. The number of halogens is 1. The number of rotatable bonds is 4. The molecule has 0 radical (unpaired) electrons. The van der Waals surface area contributed by atoms with Crippen molar-refractivity contribution in [3.63, 3.8) is 0 Å². The average Bonchev–Trinajstić information content (AvgIpc) is 3.54. The largest absolute Gasteiger partial charge is 0.481 e. The normalized spacial score (nSPS) is 21.4. The van der Waals surface area contributed by atoms with E-state index in [2.05, 4.69) is 33.0 Å². The maximum absolute atomic E-state index is 12.8. The van der Waals surface area contributed by atoms with E-state index in [-0.39, 0.29) is 17.7 Å². The lowest BCUT2D eigenvalue weighted by Gasteiger charge is -2.35. The number of hydrogen-bond donors (Lipinski definition) is 0. The highest BCUT2D eigenvalue weighted by Gasteiger charge is 2.46. The first-order valence-electron chi connectivity index (χ1n) is 9.40. The van der Waals surface area contributed by atoms with Crippen LogP contribution in [-0.2, 0) is 4.79 Å². The topological polar surface area (TPSA) is 62.7 Å². The fourth-order valence-electron chi connectivity index (χ4n) is 3.72. The fourth-order valence-corrected chi connectivity index (χ4v) is 3.99. The third-order valence-electron chi connectivity index (χ3n) is 5.48. The maximum Gasteiger partial charge on any atom is 0.255 e. The lowest BCUT2D eigenvalue weighted by atomic mass is 10.1. The van der Waals surface area contributed by atoms with E-state index in [1.54, 1.807) is 24.1 Å². The van der Waals surface area contributed by atoms with Crippen LogP contribution in [-0.4, -0.2) is 59.9 Å². The first-order valence-corrected chi connectivity index (χ1v) is 10.2. The molecule has 1 aromatic carbocycles. The van der Waals surface area contributed by atoms with Gasteiger partial charge in [-0.05, 0) is 36.1 Å². The third kappa shape index (κ3) is 3.90. The molecule has 2 amide bonds. The monoisotopic (exact) mass is 443 g/mol. The minimum atomic E-state index is -0.0542. The number of ether oxygens (including phenoxy) is 1. The molecule has 7 heteroatoms. The van der Waals surface area contributed by atoms with Gasteiger partial charge in [-0.15, -0.1) is 0 Å². The van der Waals surface area contributed by atoms with Crippen LogP contribution in [0.5, 0.6) is 5.88 Å². The third-order valence-corrected chi connectivity index (χ3v) is 6.01. The van der Waals surface area contributed by atoms with Crippen molar-refractivity contribution in [1.29, 1.82) is 0 Å². The number of piperazine rings is 1. The van der Waals surface area contributed by atoms with E-state index in [1.807, 2.05) is 17.0 Å². The zero-order valence-corrected chi connectivity index (χ0v) is 17.3. The molecule has 1 aliphatic heterocycles. The summed E-state index contributed by atoms with van der Waals surface area (Å²) >= 11 is 3.45. The quantitative estimate of drug-likeness (QED) is 0.728. The van der Waals surface area contributed by atoms with Crippen molar-refractivity contribution in [3.8, 4) is 5.88 Å². The molecule has 4 rings (SSSR count). The molecule has 1 saturated carbocycles. The first-order chi connectivity index (χ1) is 13.6. The molecule has 2 atom stereocenters. The minimum Gasteiger partial charge on any atom is -0.481 e. The molecule has 1 aliphatic carbocycles. The summed E-state index contributed by atoms with van der Waals surface area (Å²) in [6.45, 7) is 2.26. The Hall–Kier alpha value is -2.41. The molecule has 0 spiro atoms. The van der Waals surface area contributed by atoms with Gasteiger partial charge in [-0.25, -0.2) is 4.98 Å². The average molecular weight is 444 g/mol. The number of carbonyl (C=O) groups excluding carboxylic acids is 2. The highest BCUT2D eigenvalue weighted by atomic mass is 79.9. The van der Waals surface area contributed by atoms with Gasteiger partial charge in [-0.3, -0.25) is 9.59 Å². The van der Waals surface area contributed by atoms with E-state index >= 15 is 0 Å². The molecule has 0 N–H and O–H groups in total. The molecular formula is C21H22BrN3O3. The zero-order chi connectivity index (χ0) is 19.7. The molecule has 1 saturated heterocycles. The number of amides is 2.